The van der Waals surface area contributed by atoms with Crippen LogP contribution in [0.1, 0.15) is 47.9 Å². The SMILES string of the molecule is CNC(=O)c1nccc(C2CCCC2)n1. The molecule has 1 aromatic rings. The van der Waals surface area contributed by atoms with E-state index in [1.807, 2.05) is 6.07 Å². The Balaban J connectivity index is 2.21. The van der Waals surface area contributed by atoms with Gasteiger partial charge in [-0.3, -0.25) is 4.79 Å². The molecule has 1 saturated carbocycles. The van der Waals surface area contributed by atoms with Gasteiger partial charge in [0.05, 0.1) is 0 Å². The second kappa shape index (κ2) is 4.38. The number of nitrogens with one attached hydrogen (secondary N) is 1. The molecule has 0 bridgehead atoms. The number of carbonyl (C=O) groups is 1. The third-order valence-corrected chi connectivity index (χ3v) is 2.88. The van der Waals surface area contributed by atoms with Crippen molar-refractivity contribution in [1.29, 1.82) is 0 Å². The van der Waals surface area contributed by atoms with Crippen LogP contribution in [-0.4, -0.2) is 22.9 Å². The van der Waals surface area contributed by atoms with Gasteiger partial charge in [-0.25, -0.2) is 9.97 Å². The Hall–Kier alpha value is -1.45. The minimum Gasteiger partial charge on any atom is -0.352 e. The fraction of sp³-hybridized carbons (Fsp3) is 0.545. The lowest BCUT2D eigenvalue weighted by atomic mass is 10.0. The summed E-state index contributed by atoms with van der Waals surface area (Å²) in [6, 6.07) is 1.92. The monoisotopic (exact) mass is 205 g/mol. The Morgan fingerprint density at radius 1 is 1.47 bits per heavy atom. The topological polar surface area (TPSA) is 54.9 Å². The quantitative estimate of drug-likeness (QED) is 0.796. The largest absolute Gasteiger partial charge is 0.352 e. The van der Waals surface area contributed by atoms with Crippen LogP contribution in [0.2, 0.25) is 0 Å². The average Bonchev–Trinajstić information content (AvgIpc) is 2.82. The van der Waals surface area contributed by atoms with Crippen molar-refractivity contribution >= 4 is 5.91 Å². The summed E-state index contributed by atoms with van der Waals surface area (Å²) in [5.74, 6) is 0.591. The Labute approximate surface area is 89.1 Å². The van der Waals surface area contributed by atoms with E-state index >= 15 is 0 Å². The van der Waals surface area contributed by atoms with Crippen LogP contribution in [0.5, 0.6) is 0 Å². The maximum atomic E-state index is 11.3. The third kappa shape index (κ3) is 2.14. The van der Waals surface area contributed by atoms with Gasteiger partial charge in [0, 0.05) is 24.9 Å². The molecule has 0 spiro atoms. The van der Waals surface area contributed by atoms with Crippen LogP contribution >= 0.6 is 0 Å². The van der Waals surface area contributed by atoms with Crippen LogP contribution in [-0.2, 0) is 0 Å². The number of nitrogens with zero attached hydrogens (tertiary/aromatic N) is 2. The zero-order valence-electron chi connectivity index (χ0n) is 8.86. The molecular formula is C11H15N3O. The van der Waals surface area contributed by atoms with Crippen LogP contribution in [0.4, 0.5) is 0 Å². The highest BCUT2D eigenvalue weighted by atomic mass is 16.2. The lowest BCUT2D eigenvalue weighted by Gasteiger charge is -2.08. The molecule has 4 heteroatoms. The number of hydrogen-bond acceptors (Lipinski definition) is 3. The van der Waals surface area contributed by atoms with E-state index in [0.29, 0.717) is 5.92 Å². The summed E-state index contributed by atoms with van der Waals surface area (Å²) in [5.41, 5.74) is 1.01. The van der Waals surface area contributed by atoms with Crippen LogP contribution < -0.4 is 5.32 Å². The molecule has 1 aliphatic rings. The molecule has 0 radical (unpaired) electrons. The molecule has 1 amide bonds. The summed E-state index contributed by atoms with van der Waals surface area (Å²) in [4.78, 5) is 19.6. The smallest absolute Gasteiger partial charge is 0.288 e. The summed E-state index contributed by atoms with van der Waals surface area (Å²) >= 11 is 0. The highest BCUT2D eigenvalue weighted by Crippen LogP contribution is 2.32. The zero-order chi connectivity index (χ0) is 10.7. The van der Waals surface area contributed by atoms with Crippen LogP contribution in [0.15, 0.2) is 12.3 Å². The van der Waals surface area contributed by atoms with E-state index in [2.05, 4.69) is 15.3 Å². The van der Waals surface area contributed by atoms with Gasteiger partial charge in [-0.1, -0.05) is 12.8 Å². The average molecular weight is 205 g/mol. The molecule has 1 heterocycles. The molecule has 0 atom stereocenters. The van der Waals surface area contributed by atoms with Crippen molar-refractivity contribution in [2.75, 3.05) is 7.05 Å². The summed E-state index contributed by atoms with van der Waals surface area (Å²) in [5, 5.41) is 2.54. The van der Waals surface area contributed by atoms with Gasteiger partial charge in [-0.2, -0.15) is 0 Å². The van der Waals surface area contributed by atoms with Crippen molar-refractivity contribution in [3.05, 3.63) is 23.8 Å². The standard InChI is InChI=1S/C11H15N3O/c1-12-11(15)10-13-7-6-9(14-10)8-4-2-3-5-8/h6-8H,2-5H2,1H3,(H,12,15). The highest BCUT2D eigenvalue weighted by Gasteiger charge is 2.19. The number of amides is 1. The van der Waals surface area contributed by atoms with Crippen LogP contribution in [0, 0.1) is 0 Å². The normalized spacial score (nSPS) is 16.6. The second-order valence-corrected chi connectivity index (χ2v) is 3.87. The molecule has 0 saturated heterocycles. The van der Waals surface area contributed by atoms with Crippen molar-refractivity contribution < 1.29 is 4.79 Å². The van der Waals surface area contributed by atoms with E-state index in [9.17, 15) is 4.79 Å². The van der Waals surface area contributed by atoms with Crippen molar-refractivity contribution in [1.82, 2.24) is 15.3 Å². The zero-order valence-corrected chi connectivity index (χ0v) is 8.86. The van der Waals surface area contributed by atoms with Gasteiger partial charge in [0.15, 0.2) is 0 Å². The lowest BCUT2D eigenvalue weighted by molar-refractivity contribution is 0.0952. The van der Waals surface area contributed by atoms with Crippen molar-refractivity contribution in [2.24, 2.45) is 0 Å². The summed E-state index contributed by atoms with van der Waals surface area (Å²) < 4.78 is 0. The molecule has 1 N–H and O–H groups in total. The molecule has 1 aliphatic carbocycles. The Morgan fingerprint density at radius 3 is 2.87 bits per heavy atom. The van der Waals surface area contributed by atoms with Crippen molar-refractivity contribution in [3.8, 4) is 0 Å². The minimum absolute atomic E-state index is 0.213. The van der Waals surface area contributed by atoms with E-state index in [0.717, 1.165) is 5.69 Å². The third-order valence-electron chi connectivity index (χ3n) is 2.88. The van der Waals surface area contributed by atoms with E-state index in [4.69, 9.17) is 0 Å². The molecule has 15 heavy (non-hydrogen) atoms. The first-order valence-corrected chi connectivity index (χ1v) is 5.36. The number of aromatic nitrogens is 2. The number of carbonyl (C=O) groups excluding carboxylic acids is 1. The fourth-order valence-corrected chi connectivity index (χ4v) is 2.04. The van der Waals surface area contributed by atoms with Gasteiger partial charge in [0.1, 0.15) is 0 Å². The Bertz CT molecular complexity index is 359. The van der Waals surface area contributed by atoms with Crippen LogP contribution in [0.25, 0.3) is 0 Å². The van der Waals surface area contributed by atoms with Gasteiger partial charge in [-0.15, -0.1) is 0 Å². The molecule has 1 aromatic heterocycles. The molecule has 2 rings (SSSR count). The number of rotatable bonds is 2. The lowest BCUT2D eigenvalue weighted by Crippen LogP contribution is -2.21. The second-order valence-electron chi connectivity index (χ2n) is 3.87. The predicted octanol–water partition coefficient (Wildman–Crippen LogP) is 1.49. The van der Waals surface area contributed by atoms with E-state index < -0.39 is 0 Å². The molecule has 1 fully saturated rings. The summed E-state index contributed by atoms with van der Waals surface area (Å²) in [6.45, 7) is 0. The van der Waals surface area contributed by atoms with Gasteiger partial charge in [0.25, 0.3) is 5.91 Å². The summed E-state index contributed by atoms with van der Waals surface area (Å²) in [7, 11) is 1.59. The molecule has 0 unspecified atom stereocenters. The van der Waals surface area contributed by atoms with Gasteiger partial charge >= 0.3 is 0 Å². The van der Waals surface area contributed by atoms with Crippen molar-refractivity contribution in [2.45, 2.75) is 31.6 Å². The predicted molar refractivity (Wildman–Crippen MR) is 56.6 cm³/mol. The molecular weight excluding hydrogens is 190 g/mol. The maximum absolute atomic E-state index is 11.3. The van der Waals surface area contributed by atoms with E-state index in [-0.39, 0.29) is 11.7 Å². The molecule has 0 aromatic carbocycles. The maximum Gasteiger partial charge on any atom is 0.288 e. The fourth-order valence-electron chi connectivity index (χ4n) is 2.04. The molecule has 0 aliphatic heterocycles. The number of hydrogen-bond donors (Lipinski definition) is 1. The first-order valence-electron chi connectivity index (χ1n) is 5.36. The Morgan fingerprint density at radius 2 is 2.20 bits per heavy atom. The first-order chi connectivity index (χ1) is 7.31. The first kappa shape index (κ1) is 10.1. The van der Waals surface area contributed by atoms with Crippen molar-refractivity contribution in [3.63, 3.8) is 0 Å². The highest BCUT2D eigenvalue weighted by molar-refractivity contribution is 5.90. The minimum atomic E-state index is -0.213. The van der Waals surface area contributed by atoms with Gasteiger partial charge in [-0.05, 0) is 18.9 Å². The van der Waals surface area contributed by atoms with Crippen LogP contribution in [0.3, 0.4) is 0 Å². The van der Waals surface area contributed by atoms with E-state index in [1.165, 1.54) is 25.7 Å². The van der Waals surface area contributed by atoms with Gasteiger partial charge < -0.3 is 5.32 Å². The van der Waals surface area contributed by atoms with E-state index in [1.54, 1.807) is 13.2 Å². The molecule has 4 nitrogen and oxygen atoms in total. The molecule has 80 valence electrons. The Kier molecular flexibility index (Phi) is 2.94. The van der Waals surface area contributed by atoms with Gasteiger partial charge in [0.2, 0.25) is 5.82 Å². The summed E-state index contributed by atoms with van der Waals surface area (Å²) in [6.07, 6.45) is 6.58.